The third-order valence-corrected chi connectivity index (χ3v) is 6.38. The quantitative estimate of drug-likeness (QED) is 0.625. The summed E-state index contributed by atoms with van der Waals surface area (Å²) in [5, 5.41) is 8.45. The zero-order valence-electron chi connectivity index (χ0n) is 14.7. The average Bonchev–Trinajstić information content (AvgIpc) is 3.36. The van der Waals surface area contributed by atoms with Crippen LogP contribution in [0.25, 0.3) is 11.0 Å². The van der Waals surface area contributed by atoms with Gasteiger partial charge in [0.05, 0.1) is 5.25 Å². The van der Waals surface area contributed by atoms with Crippen LogP contribution in [-0.2, 0) is 4.79 Å². The Bertz CT molecular complexity index is 916. The van der Waals surface area contributed by atoms with Crippen molar-refractivity contribution < 1.29 is 14.0 Å². The van der Waals surface area contributed by atoms with Gasteiger partial charge in [0.15, 0.2) is 10.1 Å². The molecule has 27 heavy (non-hydrogen) atoms. The topological polar surface area (TPSA) is 79.5 Å². The minimum Gasteiger partial charge on any atom is -0.451 e. The molecule has 1 aliphatic heterocycles. The smallest absolute Gasteiger partial charge is 0.289 e. The molecule has 1 aliphatic rings. The molecule has 1 saturated heterocycles. The van der Waals surface area contributed by atoms with E-state index >= 15 is 0 Å². The van der Waals surface area contributed by atoms with E-state index in [4.69, 9.17) is 4.42 Å². The number of nitrogens with zero attached hydrogens (tertiary/aromatic N) is 4. The molecule has 7 nitrogen and oxygen atoms in total. The normalized spacial score (nSPS) is 15.9. The van der Waals surface area contributed by atoms with Gasteiger partial charge in [-0.05, 0) is 19.1 Å². The molecule has 140 valence electrons. The fourth-order valence-corrected chi connectivity index (χ4v) is 4.76. The lowest BCUT2D eigenvalue weighted by Crippen LogP contribution is -2.52. The first-order valence-electron chi connectivity index (χ1n) is 8.61. The second-order valence-corrected chi connectivity index (χ2v) is 8.65. The lowest BCUT2D eigenvalue weighted by molar-refractivity contribution is -0.131. The number of furan rings is 1. The van der Waals surface area contributed by atoms with Crippen molar-refractivity contribution in [1.29, 1.82) is 0 Å². The van der Waals surface area contributed by atoms with Crippen LogP contribution < -0.4 is 0 Å². The Labute approximate surface area is 164 Å². The Balaban J connectivity index is 1.35. The van der Waals surface area contributed by atoms with Crippen LogP contribution in [0, 0.1) is 0 Å². The number of rotatable bonds is 4. The van der Waals surface area contributed by atoms with E-state index in [0.29, 0.717) is 37.5 Å². The molecule has 0 saturated carbocycles. The molecule has 0 N–H and O–H groups in total. The fraction of sp³-hybridized carbons (Fsp3) is 0.333. The molecule has 3 heterocycles. The number of carbonyl (C=O) groups is 2. The van der Waals surface area contributed by atoms with Crippen LogP contribution in [0.3, 0.4) is 0 Å². The fourth-order valence-electron chi connectivity index (χ4n) is 3.05. The van der Waals surface area contributed by atoms with Crippen LogP contribution >= 0.6 is 23.1 Å². The summed E-state index contributed by atoms with van der Waals surface area (Å²) < 4.78 is 6.45. The Morgan fingerprint density at radius 2 is 1.93 bits per heavy atom. The third-order valence-electron chi connectivity index (χ3n) is 4.48. The predicted octanol–water partition coefficient (Wildman–Crippen LogP) is 2.75. The van der Waals surface area contributed by atoms with Gasteiger partial charge in [0, 0.05) is 31.6 Å². The van der Waals surface area contributed by atoms with Crippen LogP contribution in [0.15, 0.2) is 44.6 Å². The molecule has 0 radical (unpaired) electrons. The number of benzene rings is 1. The lowest BCUT2D eigenvalue weighted by Gasteiger charge is -2.35. The van der Waals surface area contributed by atoms with E-state index in [2.05, 4.69) is 10.2 Å². The van der Waals surface area contributed by atoms with Gasteiger partial charge in [0.1, 0.15) is 11.1 Å². The van der Waals surface area contributed by atoms with Crippen LogP contribution in [-0.4, -0.2) is 63.2 Å². The summed E-state index contributed by atoms with van der Waals surface area (Å²) in [6, 6.07) is 9.34. The number of thioether (sulfide) groups is 1. The lowest BCUT2D eigenvalue weighted by atomic mass is 10.2. The van der Waals surface area contributed by atoms with Crippen molar-refractivity contribution in [3.8, 4) is 0 Å². The van der Waals surface area contributed by atoms with Crippen molar-refractivity contribution in [2.75, 3.05) is 26.2 Å². The number of hydrogen-bond acceptors (Lipinski definition) is 7. The highest BCUT2D eigenvalue weighted by atomic mass is 32.2. The third kappa shape index (κ3) is 3.84. The van der Waals surface area contributed by atoms with E-state index in [-0.39, 0.29) is 17.1 Å². The van der Waals surface area contributed by atoms with Crippen molar-refractivity contribution in [3.63, 3.8) is 0 Å². The summed E-state index contributed by atoms with van der Waals surface area (Å²) in [5.74, 6) is 0.275. The number of para-hydroxylation sites is 1. The second-order valence-electron chi connectivity index (χ2n) is 6.23. The standard InChI is InChI=1S/C18H18N4O3S2/c1-12(27-18-20-19-11-26-18)16(23)21-6-8-22(9-7-21)17(24)15-10-13-4-2-3-5-14(13)25-15/h2-5,10-12H,6-9H2,1H3. The highest BCUT2D eigenvalue weighted by Gasteiger charge is 2.29. The Morgan fingerprint density at radius 1 is 1.19 bits per heavy atom. The SMILES string of the molecule is CC(Sc1nncs1)C(=O)N1CCN(C(=O)c2cc3ccccc3o2)CC1. The second kappa shape index (κ2) is 7.69. The summed E-state index contributed by atoms with van der Waals surface area (Å²) in [5.41, 5.74) is 2.36. The summed E-state index contributed by atoms with van der Waals surface area (Å²) in [6.07, 6.45) is 0. The molecule has 3 aromatic rings. The van der Waals surface area contributed by atoms with E-state index in [1.165, 1.54) is 23.1 Å². The number of aromatic nitrogens is 2. The van der Waals surface area contributed by atoms with Gasteiger partial charge in [-0.2, -0.15) is 0 Å². The van der Waals surface area contributed by atoms with Gasteiger partial charge in [-0.3, -0.25) is 9.59 Å². The van der Waals surface area contributed by atoms with Gasteiger partial charge in [0.25, 0.3) is 5.91 Å². The van der Waals surface area contributed by atoms with Crippen molar-refractivity contribution in [2.45, 2.75) is 16.5 Å². The summed E-state index contributed by atoms with van der Waals surface area (Å²) >= 11 is 2.84. The van der Waals surface area contributed by atoms with Crippen molar-refractivity contribution in [3.05, 3.63) is 41.6 Å². The molecule has 2 amide bonds. The molecular formula is C18H18N4O3S2. The van der Waals surface area contributed by atoms with Crippen molar-refractivity contribution in [2.24, 2.45) is 0 Å². The molecule has 1 atom stereocenters. The van der Waals surface area contributed by atoms with Crippen LogP contribution in [0.2, 0.25) is 0 Å². The van der Waals surface area contributed by atoms with Crippen LogP contribution in [0.1, 0.15) is 17.5 Å². The number of hydrogen-bond donors (Lipinski definition) is 0. The molecule has 0 aliphatic carbocycles. The molecule has 4 rings (SSSR count). The van der Waals surface area contributed by atoms with Gasteiger partial charge in [0.2, 0.25) is 5.91 Å². The maximum atomic E-state index is 12.7. The monoisotopic (exact) mass is 402 g/mol. The zero-order valence-corrected chi connectivity index (χ0v) is 16.3. The van der Waals surface area contributed by atoms with Gasteiger partial charge in [-0.25, -0.2) is 0 Å². The molecular weight excluding hydrogens is 384 g/mol. The van der Waals surface area contributed by atoms with E-state index in [0.717, 1.165) is 9.73 Å². The largest absolute Gasteiger partial charge is 0.451 e. The number of fused-ring (bicyclic) bond motifs is 1. The van der Waals surface area contributed by atoms with Gasteiger partial charge >= 0.3 is 0 Å². The maximum Gasteiger partial charge on any atom is 0.289 e. The highest BCUT2D eigenvalue weighted by molar-refractivity contribution is 8.02. The molecule has 0 bridgehead atoms. The first kappa shape index (κ1) is 18.0. The van der Waals surface area contributed by atoms with E-state index in [9.17, 15) is 9.59 Å². The maximum absolute atomic E-state index is 12.7. The van der Waals surface area contributed by atoms with E-state index < -0.39 is 0 Å². The zero-order chi connectivity index (χ0) is 18.8. The van der Waals surface area contributed by atoms with Crippen LogP contribution in [0.5, 0.6) is 0 Å². The minimum atomic E-state index is -0.226. The molecule has 0 spiro atoms. The first-order valence-corrected chi connectivity index (χ1v) is 10.4. The van der Waals surface area contributed by atoms with Crippen LogP contribution in [0.4, 0.5) is 0 Å². The van der Waals surface area contributed by atoms with Crippen molar-refractivity contribution >= 4 is 45.9 Å². The Kier molecular flexibility index (Phi) is 5.13. The summed E-state index contributed by atoms with van der Waals surface area (Å²) in [7, 11) is 0. The Morgan fingerprint density at radius 3 is 2.63 bits per heavy atom. The molecule has 1 unspecified atom stereocenters. The van der Waals surface area contributed by atoms with Gasteiger partial charge in [-0.15, -0.1) is 10.2 Å². The number of amides is 2. The van der Waals surface area contributed by atoms with Crippen molar-refractivity contribution in [1.82, 2.24) is 20.0 Å². The minimum absolute atomic E-state index is 0.0611. The molecule has 1 fully saturated rings. The number of piperazine rings is 1. The van der Waals surface area contributed by atoms with E-state index in [1.807, 2.05) is 31.2 Å². The summed E-state index contributed by atoms with van der Waals surface area (Å²) in [6.45, 7) is 3.91. The van der Waals surface area contributed by atoms with Gasteiger partial charge < -0.3 is 14.2 Å². The van der Waals surface area contributed by atoms with Gasteiger partial charge in [-0.1, -0.05) is 41.3 Å². The summed E-state index contributed by atoms with van der Waals surface area (Å²) in [4.78, 5) is 28.9. The molecule has 9 heteroatoms. The number of carbonyl (C=O) groups excluding carboxylic acids is 2. The first-order chi connectivity index (χ1) is 13.1. The average molecular weight is 403 g/mol. The molecule has 2 aromatic heterocycles. The predicted molar refractivity (Wildman–Crippen MR) is 104 cm³/mol. The van der Waals surface area contributed by atoms with E-state index in [1.54, 1.807) is 21.4 Å². The molecule has 1 aromatic carbocycles. The highest BCUT2D eigenvalue weighted by Crippen LogP contribution is 2.26. The Hall–Kier alpha value is -2.39.